The predicted molar refractivity (Wildman–Crippen MR) is 113 cm³/mol. The lowest BCUT2D eigenvalue weighted by Crippen LogP contribution is -2.08. The van der Waals surface area contributed by atoms with Crippen molar-refractivity contribution >= 4 is 40.6 Å². The molecule has 0 aliphatic heterocycles. The second-order valence-electron chi connectivity index (χ2n) is 5.85. The van der Waals surface area contributed by atoms with Crippen LogP contribution in [0.3, 0.4) is 0 Å². The standard InChI is InChI=1S/C21H19ClN2O3S/c1-14-23-16(13-28-14)12-27-20-6-4-3-5-15(20)7-10-21(25)24-19-9-8-17(26-2)11-18(19)22/h3-11,13H,12H2,1-2H3,(H,24,25)/b10-7+. The Morgan fingerprint density at radius 2 is 2.11 bits per heavy atom. The molecule has 0 aliphatic rings. The van der Waals surface area contributed by atoms with E-state index in [0.29, 0.717) is 28.8 Å². The fourth-order valence-electron chi connectivity index (χ4n) is 2.44. The van der Waals surface area contributed by atoms with Crippen LogP contribution in [0.15, 0.2) is 53.9 Å². The Kier molecular flexibility index (Phi) is 6.68. The molecule has 0 fully saturated rings. The number of aryl methyl sites for hydroxylation is 1. The van der Waals surface area contributed by atoms with E-state index >= 15 is 0 Å². The zero-order valence-corrected chi connectivity index (χ0v) is 17.0. The molecule has 0 saturated heterocycles. The minimum Gasteiger partial charge on any atom is -0.497 e. The number of ether oxygens (including phenoxy) is 2. The molecule has 3 aromatic rings. The van der Waals surface area contributed by atoms with Gasteiger partial charge in [-0.2, -0.15) is 0 Å². The van der Waals surface area contributed by atoms with Crippen LogP contribution in [-0.2, 0) is 11.4 Å². The molecule has 1 amide bonds. The lowest BCUT2D eigenvalue weighted by molar-refractivity contribution is -0.111. The number of nitrogens with zero attached hydrogens (tertiary/aromatic N) is 1. The number of methoxy groups -OCH3 is 1. The summed E-state index contributed by atoms with van der Waals surface area (Å²) in [4.78, 5) is 16.6. The molecule has 1 N–H and O–H groups in total. The van der Waals surface area contributed by atoms with Gasteiger partial charge in [-0.3, -0.25) is 4.79 Å². The van der Waals surface area contributed by atoms with E-state index in [-0.39, 0.29) is 5.91 Å². The van der Waals surface area contributed by atoms with Crippen molar-refractivity contribution in [2.24, 2.45) is 0 Å². The molecule has 0 atom stereocenters. The Hall–Kier alpha value is -2.83. The van der Waals surface area contributed by atoms with Crippen LogP contribution in [0.25, 0.3) is 6.08 Å². The highest BCUT2D eigenvalue weighted by atomic mass is 35.5. The van der Waals surface area contributed by atoms with Gasteiger partial charge in [0.15, 0.2) is 0 Å². The van der Waals surface area contributed by atoms with E-state index in [0.717, 1.165) is 16.3 Å². The number of carbonyl (C=O) groups excluding carboxylic acids is 1. The highest BCUT2D eigenvalue weighted by Crippen LogP contribution is 2.27. The fourth-order valence-corrected chi connectivity index (χ4v) is 3.26. The molecule has 1 heterocycles. The van der Waals surface area contributed by atoms with Gasteiger partial charge in [-0.15, -0.1) is 11.3 Å². The summed E-state index contributed by atoms with van der Waals surface area (Å²) < 4.78 is 11.0. The Morgan fingerprint density at radius 1 is 1.29 bits per heavy atom. The van der Waals surface area contributed by atoms with Crippen molar-refractivity contribution in [1.29, 1.82) is 0 Å². The molecule has 3 rings (SSSR count). The van der Waals surface area contributed by atoms with Crippen LogP contribution in [0.5, 0.6) is 11.5 Å². The highest BCUT2D eigenvalue weighted by Gasteiger charge is 2.06. The number of halogens is 1. The molecule has 0 aliphatic carbocycles. The summed E-state index contributed by atoms with van der Waals surface area (Å²) in [7, 11) is 1.56. The molecule has 7 heteroatoms. The van der Waals surface area contributed by atoms with Crippen molar-refractivity contribution in [2.75, 3.05) is 12.4 Å². The topological polar surface area (TPSA) is 60.5 Å². The van der Waals surface area contributed by atoms with Crippen LogP contribution in [0.4, 0.5) is 5.69 Å². The maximum atomic E-state index is 12.2. The maximum absolute atomic E-state index is 12.2. The molecule has 28 heavy (non-hydrogen) atoms. The van der Waals surface area contributed by atoms with Crippen molar-refractivity contribution in [3.63, 3.8) is 0 Å². The number of aromatic nitrogens is 1. The van der Waals surface area contributed by atoms with E-state index in [1.165, 1.54) is 6.08 Å². The van der Waals surface area contributed by atoms with Crippen LogP contribution in [-0.4, -0.2) is 18.0 Å². The number of amides is 1. The number of benzene rings is 2. The number of hydrogen-bond acceptors (Lipinski definition) is 5. The lowest BCUT2D eigenvalue weighted by Gasteiger charge is -2.08. The third kappa shape index (κ3) is 5.34. The summed E-state index contributed by atoms with van der Waals surface area (Å²) in [5.74, 6) is 1.01. The Labute approximate surface area is 172 Å². The number of hydrogen-bond donors (Lipinski definition) is 1. The third-order valence-electron chi connectivity index (χ3n) is 3.81. The summed E-state index contributed by atoms with van der Waals surface area (Å²) in [5, 5.41) is 6.13. The largest absolute Gasteiger partial charge is 0.497 e. The molecular formula is C21H19ClN2O3S. The molecule has 5 nitrogen and oxygen atoms in total. The van der Waals surface area contributed by atoms with Gasteiger partial charge in [0.1, 0.15) is 18.1 Å². The van der Waals surface area contributed by atoms with Crippen LogP contribution in [0, 0.1) is 6.92 Å². The van der Waals surface area contributed by atoms with Gasteiger partial charge in [0, 0.05) is 23.1 Å². The van der Waals surface area contributed by atoms with Crippen molar-refractivity contribution in [1.82, 2.24) is 4.98 Å². The normalized spacial score (nSPS) is 10.8. The molecular weight excluding hydrogens is 396 g/mol. The Morgan fingerprint density at radius 3 is 2.82 bits per heavy atom. The lowest BCUT2D eigenvalue weighted by atomic mass is 10.2. The van der Waals surface area contributed by atoms with E-state index in [1.54, 1.807) is 42.7 Å². The summed E-state index contributed by atoms with van der Waals surface area (Å²) in [6.07, 6.45) is 3.14. The number of carbonyl (C=O) groups is 1. The number of anilines is 1. The number of rotatable bonds is 7. The van der Waals surface area contributed by atoms with Gasteiger partial charge < -0.3 is 14.8 Å². The van der Waals surface area contributed by atoms with Gasteiger partial charge in [0.25, 0.3) is 0 Å². The first-order valence-corrected chi connectivity index (χ1v) is 9.76. The first kappa shape index (κ1) is 19.9. The SMILES string of the molecule is COc1ccc(NC(=O)/C=C/c2ccccc2OCc2csc(C)n2)c(Cl)c1. The number of nitrogens with one attached hydrogen (secondary N) is 1. The second-order valence-corrected chi connectivity index (χ2v) is 7.32. The van der Waals surface area contributed by atoms with Gasteiger partial charge in [0.2, 0.25) is 5.91 Å². The molecule has 1 aromatic heterocycles. The third-order valence-corrected chi connectivity index (χ3v) is 4.94. The van der Waals surface area contributed by atoms with E-state index in [1.807, 2.05) is 36.6 Å². The van der Waals surface area contributed by atoms with Crippen LogP contribution in [0.1, 0.15) is 16.3 Å². The van der Waals surface area contributed by atoms with Gasteiger partial charge >= 0.3 is 0 Å². The predicted octanol–water partition coefficient (Wildman–Crippen LogP) is 5.34. The van der Waals surface area contributed by atoms with Gasteiger partial charge in [-0.1, -0.05) is 29.8 Å². The average molecular weight is 415 g/mol. The summed E-state index contributed by atoms with van der Waals surface area (Å²) in [6.45, 7) is 2.33. The van der Waals surface area contributed by atoms with E-state index in [2.05, 4.69) is 10.3 Å². The van der Waals surface area contributed by atoms with E-state index < -0.39 is 0 Å². The molecule has 0 unspecified atom stereocenters. The van der Waals surface area contributed by atoms with E-state index in [9.17, 15) is 4.79 Å². The molecule has 144 valence electrons. The molecule has 0 spiro atoms. The quantitative estimate of drug-likeness (QED) is 0.530. The molecule has 0 radical (unpaired) electrons. The first-order valence-electron chi connectivity index (χ1n) is 8.50. The smallest absolute Gasteiger partial charge is 0.248 e. The van der Waals surface area contributed by atoms with Crippen LogP contribution >= 0.6 is 22.9 Å². The zero-order valence-electron chi connectivity index (χ0n) is 15.4. The van der Waals surface area contributed by atoms with E-state index in [4.69, 9.17) is 21.1 Å². The van der Waals surface area contributed by atoms with Gasteiger partial charge in [-0.05, 0) is 31.2 Å². The van der Waals surface area contributed by atoms with Gasteiger partial charge in [-0.25, -0.2) is 4.98 Å². The van der Waals surface area contributed by atoms with Crippen molar-refractivity contribution in [2.45, 2.75) is 13.5 Å². The van der Waals surface area contributed by atoms with Crippen molar-refractivity contribution in [3.8, 4) is 11.5 Å². The molecule has 0 saturated carbocycles. The number of thiazole rings is 1. The first-order chi connectivity index (χ1) is 13.5. The molecule has 0 bridgehead atoms. The summed E-state index contributed by atoms with van der Waals surface area (Å²) in [6, 6.07) is 12.6. The monoisotopic (exact) mass is 414 g/mol. The molecule has 2 aromatic carbocycles. The minimum atomic E-state index is -0.294. The van der Waals surface area contributed by atoms with Gasteiger partial charge in [0.05, 0.1) is 28.5 Å². The minimum absolute atomic E-state index is 0.294. The summed E-state index contributed by atoms with van der Waals surface area (Å²) in [5.41, 5.74) is 2.19. The Balaban J connectivity index is 1.65. The van der Waals surface area contributed by atoms with Crippen LogP contribution in [0.2, 0.25) is 5.02 Å². The van der Waals surface area contributed by atoms with Crippen molar-refractivity contribution < 1.29 is 14.3 Å². The Bertz CT molecular complexity index is 1000. The highest BCUT2D eigenvalue weighted by molar-refractivity contribution is 7.09. The zero-order chi connectivity index (χ0) is 19.9. The van der Waals surface area contributed by atoms with Crippen molar-refractivity contribution in [3.05, 3.63) is 75.2 Å². The fraction of sp³-hybridized carbons (Fsp3) is 0.143. The average Bonchev–Trinajstić information content (AvgIpc) is 3.12. The summed E-state index contributed by atoms with van der Waals surface area (Å²) >= 11 is 7.74. The maximum Gasteiger partial charge on any atom is 0.248 e. The van der Waals surface area contributed by atoms with Crippen LogP contribution < -0.4 is 14.8 Å². The second kappa shape index (κ2) is 9.39. The number of para-hydroxylation sites is 1.